The van der Waals surface area contributed by atoms with Gasteiger partial charge in [0.15, 0.2) is 0 Å². The molecule has 0 aromatic rings. The van der Waals surface area contributed by atoms with Crippen molar-refractivity contribution in [3.63, 3.8) is 0 Å². The zero-order valence-electron chi connectivity index (χ0n) is 17.1. The number of hydrogen-bond acceptors (Lipinski definition) is 5. The summed E-state index contributed by atoms with van der Waals surface area (Å²) in [7, 11) is -4.27. The Morgan fingerprint density at radius 1 is 0.640 bits per heavy atom. The second-order valence-electron chi connectivity index (χ2n) is 6.26. The van der Waals surface area contributed by atoms with Crippen molar-refractivity contribution in [2.45, 2.75) is 91.1 Å². The fourth-order valence-corrected chi connectivity index (χ4v) is 6.87. The van der Waals surface area contributed by atoms with Crippen molar-refractivity contribution < 1.29 is 22.5 Å². The van der Waals surface area contributed by atoms with Crippen LogP contribution in [-0.4, -0.2) is 49.3 Å². The molecule has 25 heavy (non-hydrogen) atoms. The fraction of sp³-hybridized carbons (Fsp3) is 1.00. The number of unbranched alkanes of at least 4 members (excludes halogenated alkanes) is 7. The average molecular weight is 395 g/mol. The van der Waals surface area contributed by atoms with E-state index in [2.05, 4.69) is 0 Å². The monoisotopic (exact) mass is 394 g/mol. The Bertz CT molecular complexity index is 265. The first-order valence-electron chi connectivity index (χ1n) is 10.4. The molecule has 0 aromatic heterocycles. The van der Waals surface area contributed by atoms with Gasteiger partial charge in [-0.05, 0) is 40.2 Å². The van der Waals surface area contributed by atoms with E-state index in [9.17, 15) is 4.80 Å². The first-order chi connectivity index (χ1) is 12.1. The smallest absolute Gasteiger partial charge is 0.413 e. The highest BCUT2D eigenvalue weighted by atomic mass is 28.4. The molecule has 0 saturated heterocycles. The molecule has 0 rings (SSSR count). The summed E-state index contributed by atoms with van der Waals surface area (Å²) < 4.78 is 22.9. The van der Waals surface area contributed by atoms with Gasteiger partial charge in [-0.1, -0.05) is 44.9 Å². The minimum absolute atomic E-state index is 0.646. The number of hydrogen-bond donors (Lipinski definition) is 1. The van der Waals surface area contributed by atoms with Crippen molar-refractivity contribution in [2.24, 2.45) is 0 Å². The molecule has 7 heteroatoms. The lowest BCUT2D eigenvalue weighted by molar-refractivity contribution is 0.0706. The van der Waals surface area contributed by atoms with Crippen molar-refractivity contribution in [1.29, 1.82) is 0 Å². The van der Waals surface area contributed by atoms with Crippen LogP contribution in [0.5, 0.6) is 0 Å². The van der Waals surface area contributed by atoms with Gasteiger partial charge in [0.05, 0.1) is 0 Å². The Morgan fingerprint density at radius 2 is 1.08 bits per heavy atom. The Labute approximate surface area is 158 Å². The van der Waals surface area contributed by atoms with E-state index in [1.807, 2.05) is 27.7 Å². The zero-order valence-corrected chi connectivity index (χ0v) is 19.2. The third-order valence-corrected chi connectivity index (χ3v) is 8.91. The maximum atomic E-state index is 9.62. The topological polar surface area (TPSA) is 57.2 Å². The van der Waals surface area contributed by atoms with E-state index in [4.69, 9.17) is 17.7 Å². The zero-order chi connectivity index (χ0) is 18.8. The van der Waals surface area contributed by atoms with Crippen LogP contribution in [0.25, 0.3) is 0 Å². The quantitative estimate of drug-likeness (QED) is 0.260. The molecule has 0 spiro atoms. The summed E-state index contributed by atoms with van der Waals surface area (Å²) in [6.07, 6.45) is 9.78. The second-order valence-corrected chi connectivity index (χ2v) is 10.8. The molecule has 0 heterocycles. The van der Waals surface area contributed by atoms with Crippen molar-refractivity contribution in [1.82, 2.24) is 0 Å². The standard InChI is InChI=1S/C18H42O5Si2/c1-5-20-24(19)17-15-13-11-9-10-12-14-16-18-25(21-6-2,22-7-3)23-8-4/h19,24H,5-18H2,1-4H3. The van der Waals surface area contributed by atoms with Crippen LogP contribution in [0.3, 0.4) is 0 Å². The Balaban J connectivity index is 3.65. The highest BCUT2D eigenvalue weighted by Crippen LogP contribution is 2.21. The van der Waals surface area contributed by atoms with Crippen LogP contribution in [0.4, 0.5) is 0 Å². The molecule has 1 N–H and O–H groups in total. The molecule has 1 unspecified atom stereocenters. The van der Waals surface area contributed by atoms with Crippen LogP contribution in [0.1, 0.15) is 79.1 Å². The lowest BCUT2D eigenvalue weighted by atomic mass is 10.1. The van der Waals surface area contributed by atoms with Gasteiger partial charge in [-0.25, -0.2) is 0 Å². The summed E-state index contributed by atoms with van der Waals surface area (Å²) in [5.41, 5.74) is 0. The first kappa shape index (κ1) is 25.2. The molecular formula is C18H42O5Si2. The maximum Gasteiger partial charge on any atom is 0.500 e. The predicted octanol–water partition coefficient (Wildman–Crippen LogP) is 4.40. The van der Waals surface area contributed by atoms with Crippen LogP contribution in [0, 0.1) is 0 Å². The van der Waals surface area contributed by atoms with Crippen LogP contribution in [0.2, 0.25) is 12.1 Å². The van der Waals surface area contributed by atoms with Gasteiger partial charge in [-0.2, -0.15) is 0 Å². The largest absolute Gasteiger partial charge is 0.500 e. The van der Waals surface area contributed by atoms with Crippen LogP contribution in [0.15, 0.2) is 0 Å². The summed E-state index contributed by atoms with van der Waals surface area (Å²) in [5.74, 6) is 0. The molecule has 1 atom stereocenters. The molecule has 0 aliphatic carbocycles. The van der Waals surface area contributed by atoms with E-state index in [-0.39, 0.29) is 0 Å². The predicted molar refractivity (Wildman–Crippen MR) is 108 cm³/mol. The summed E-state index contributed by atoms with van der Waals surface area (Å²) in [4.78, 5) is 9.62. The van der Waals surface area contributed by atoms with Crippen molar-refractivity contribution in [3.05, 3.63) is 0 Å². The van der Waals surface area contributed by atoms with Crippen LogP contribution < -0.4 is 0 Å². The van der Waals surface area contributed by atoms with E-state index >= 15 is 0 Å². The van der Waals surface area contributed by atoms with Gasteiger partial charge in [-0.15, -0.1) is 0 Å². The van der Waals surface area contributed by atoms with Gasteiger partial charge in [0.25, 0.3) is 0 Å². The van der Waals surface area contributed by atoms with Crippen LogP contribution in [-0.2, 0) is 17.7 Å². The summed E-state index contributed by atoms with van der Waals surface area (Å²) in [5, 5.41) is 0. The normalized spacial score (nSPS) is 13.3. The molecule has 0 aliphatic heterocycles. The van der Waals surface area contributed by atoms with Gasteiger partial charge in [0, 0.05) is 32.5 Å². The average Bonchev–Trinajstić information content (AvgIpc) is 2.57. The Kier molecular flexibility index (Phi) is 17.8. The Hall–Kier alpha value is 0.234. The van der Waals surface area contributed by atoms with Gasteiger partial charge in [-0.3, -0.25) is 0 Å². The van der Waals surface area contributed by atoms with E-state index in [0.29, 0.717) is 26.4 Å². The molecular weight excluding hydrogens is 352 g/mol. The first-order valence-corrected chi connectivity index (χ1v) is 14.1. The lowest BCUT2D eigenvalue weighted by Crippen LogP contribution is -2.45. The van der Waals surface area contributed by atoms with Gasteiger partial charge >= 0.3 is 18.1 Å². The molecule has 0 aliphatic rings. The van der Waals surface area contributed by atoms with Crippen molar-refractivity contribution in [3.8, 4) is 0 Å². The lowest BCUT2D eigenvalue weighted by Gasteiger charge is -2.28. The van der Waals surface area contributed by atoms with E-state index in [1.54, 1.807) is 0 Å². The van der Waals surface area contributed by atoms with E-state index in [1.165, 1.54) is 38.5 Å². The summed E-state index contributed by atoms with van der Waals surface area (Å²) >= 11 is 0. The van der Waals surface area contributed by atoms with E-state index in [0.717, 1.165) is 24.9 Å². The summed E-state index contributed by atoms with van der Waals surface area (Å²) in [6, 6.07) is 1.83. The molecule has 0 saturated carbocycles. The van der Waals surface area contributed by atoms with Gasteiger partial charge < -0.3 is 22.5 Å². The Morgan fingerprint density at radius 3 is 1.52 bits per heavy atom. The molecule has 0 radical (unpaired) electrons. The third kappa shape index (κ3) is 14.0. The minimum Gasteiger partial charge on any atom is -0.413 e. The molecule has 152 valence electrons. The van der Waals surface area contributed by atoms with Gasteiger partial charge in [0.1, 0.15) is 0 Å². The van der Waals surface area contributed by atoms with Crippen molar-refractivity contribution in [2.75, 3.05) is 26.4 Å². The molecule has 0 amide bonds. The number of rotatable bonds is 19. The van der Waals surface area contributed by atoms with Gasteiger partial charge in [0.2, 0.25) is 0 Å². The SMILES string of the molecule is CCO[SiH](O)CCCCCCCCCC[Si](OCC)(OCC)OCC. The molecule has 5 nitrogen and oxygen atoms in total. The highest BCUT2D eigenvalue weighted by Gasteiger charge is 2.39. The summed E-state index contributed by atoms with van der Waals surface area (Å²) in [6.45, 7) is 10.6. The maximum absolute atomic E-state index is 9.62. The van der Waals surface area contributed by atoms with E-state index < -0.39 is 18.1 Å². The highest BCUT2D eigenvalue weighted by molar-refractivity contribution is 6.60. The molecule has 0 aromatic carbocycles. The minimum atomic E-state index is -2.43. The second kappa shape index (κ2) is 17.6. The van der Waals surface area contributed by atoms with Crippen molar-refractivity contribution >= 4 is 18.1 Å². The molecule has 0 fully saturated rings. The molecule has 0 bridgehead atoms. The third-order valence-electron chi connectivity index (χ3n) is 4.14. The van der Waals surface area contributed by atoms with Crippen LogP contribution >= 0.6 is 0 Å². The fourth-order valence-electron chi connectivity index (χ4n) is 3.00.